The van der Waals surface area contributed by atoms with Gasteiger partial charge in [0.15, 0.2) is 11.5 Å². The summed E-state index contributed by atoms with van der Waals surface area (Å²) in [6, 6.07) is 15.1. The number of benzene rings is 1. The molecule has 2 heterocycles. The Hall–Kier alpha value is -3.21. The van der Waals surface area contributed by atoms with Crippen molar-refractivity contribution in [3.63, 3.8) is 0 Å². The monoisotopic (exact) mass is 292 g/mol. The van der Waals surface area contributed by atoms with Gasteiger partial charge in [0.2, 0.25) is 5.78 Å². The maximum Gasteiger partial charge on any atom is 0.291 e. The molecule has 0 aliphatic rings. The summed E-state index contributed by atoms with van der Waals surface area (Å²) in [4.78, 5) is 28.2. The van der Waals surface area contributed by atoms with Crippen molar-refractivity contribution in [3.05, 3.63) is 84.1 Å². The molecule has 0 spiro atoms. The summed E-state index contributed by atoms with van der Waals surface area (Å²) in [5, 5.41) is 2.64. The molecule has 0 bridgehead atoms. The van der Waals surface area contributed by atoms with Crippen LogP contribution in [-0.4, -0.2) is 16.7 Å². The largest absolute Gasteiger partial charge is 0.447 e. The van der Waals surface area contributed by atoms with Crippen molar-refractivity contribution in [1.82, 2.24) is 4.98 Å². The predicted molar refractivity (Wildman–Crippen MR) is 80.8 cm³/mol. The minimum Gasteiger partial charge on any atom is -0.447 e. The summed E-state index contributed by atoms with van der Waals surface area (Å²) < 4.78 is 5.35. The zero-order valence-electron chi connectivity index (χ0n) is 11.5. The number of nitrogens with one attached hydrogen (secondary N) is 1. The molecule has 0 fully saturated rings. The Balaban J connectivity index is 1.76. The summed E-state index contributed by atoms with van der Waals surface area (Å²) in [6.07, 6.45) is 3.13. The standard InChI is InChI=1S/C17H12N2O3/c20-16(12-5-2-1-3-6-12)14-8-9-15(22-14)17(21)19-13-7-4-10-18-11-13/h1-11H,(H,19,21). The average Bonchev–Trinajstić information content (AvgIpc) is 3.06. The van der Waals surface area contributed by atoms with Gasteiger partial charge in [0.05, 0.1) is 11.9 Å². The normalized spacial score (nSPS) is 10.2. The number of carbonyl (C=O) groups excluding carboxylic acids is 2. The number of hydrogen-bond acceptors (Lipinski definition) is 4. The van der Waals surface area contributed by atoms with Gasteiger partial charge in [-0.05, 0) is 24.3 Å². The smallest absolute Gasteiger partial charge is 0.291 e. The highest BCUT2D eigenvalue weighted by Crippen LogP contribution is 2.15. The molecule has 3 rings (SSSR count). The van der Waals surface area contributed by atoms with E-state index in [0.29, 0.717) is 11.3 Å². The van der Waals surface area contributed by atoms with Crippen LogP contribution < -0.4 is 5.32 Å². The molecular weight excluding hydrogens is 280 g/mol. The van der Waals surface area contributed by atoms with Crippen LogP contribution in [0.1, 0.15) is 26.7 Å². The van der Waals surface area contributed by atoms with Crippen LogP contribution in [0.5, 0.6) is 0 Å². The number of nitrogens with zero attached hydrogens (tertiary/aromatic N) is 1. The number of carbonyl (C=O) groups is 2. The van der Waals surface area contributed by atoms with Crippen LogP contribution in [0.3, 0.4) is 0 Å². The predicted octanol–water partition coefficient (Wildman–Crippen LogP) is 3.16. The van der Waals surface area contributed by atoms with E-state index in [0.717, 1.165) is 0 Å². The van der Waals surface area contributed by atoms with Crippen molar-refractivity contribution < 1.29 is 14.0 Å². The molecule has 0 unspecified atom stereocenters. The van der Waals surface area contributed by atoms with Gasteiger partial charge in [-0.15, -0.1) is 0 Å². The first-order valence-electron chi connectivity index (χ1n) is 6.65. The first kappa shape index (κ1) is 13.8. The number of aromatic nitrogens is 1. The number of rotatable bonds is 4. The van der Waals surface area contributed by atoms with Gasteiger partial charge in [-0.1, -0.05) is 30.3 Å². The molecule has 5 heteroatoms. The fourth-order valence-corrected chi connectivity index (χ4v) is 1.94. The Morgan fingerprint density at radius 1 is 0.909 bits per heavy atom. The first-order valence-corrected chi connectivity index (χ1v) is 6.65. The summed E-state index contributed by atoms with van der Waals surface area (Å²) >= 11 is 0. The summed E-state index contributed by atoms with van der Waals surface area (Å²) in [7, 11) is 0. The number of anilines is 1. The maximum absolute atomic E-state index is 12.2. The third-order valence-corrected chi connectivity index (χ3v) is 3.01. The van der Waals surface area contributed by atoms with Crippen LogP contribution in [-0.2, 0) is 0 Å². The van der Waals surface area contributed by atoms with Gasteiger partial charge >= 0.3 is 0 Å². The van der Waals surface area contributed by atoms with E-state index in [2.05, 4.69) is 10.3 Å². The van der Waals surface area contributed by atoms with Crippen molar-refractivity contribution in [2.75, 3.05) is 5.32 Å². The molecule has 1 amide bonds. The fourth-order valence-electron chi connectivity index (χ4n) is 1.94. The van der Waals surface area contributed by atoms with Crippen molar-refractivity contribution in [1.29, 1.82) is 0 Å². The number of hydrogen-bond donors (Lipinski definition) is 1. The molecule has 0 saturated heterocycles. The minimum absolute atomic E-state index is 0.0723. The molecule has 0 radical (unpaired) electrons. The highest BCUT2D eigenvalue weighted by atomic mass is 16.4. The Labute approximate surface area is 126 Å². The van der Waals surface area contributed by atoms with E-state index < -0.39 is 5.91 Å². The lowest BCUT2D eigenvalue weighted by atomic mass is 10.1. The lowest BCUT2D eigenvalue weighted by molar-refractivity contribution is 0.0979. The SMILES string of the molecule is O=C(Nc1cccnc1)c1ccc(C(=O)c2ccccc2)o1. The van der Waals surface area contributed by atoms with E-state index in [1.807, 2.05) is 6.07 Å². The summed E-state index contributed by atoms with van der Waals surface area (Å²) in [5.41, 5.74) is 1.07. The molecule has 2 aromatic heterocycles. The molecular formula is C17H12N2O3. The van der Waals surface area contributed by atoms with Gasteiger partial charge in [-0.2, -0.15) is 0 Å². The van der Waals surface area contributed by atoms with Crippen LogP contribution in [0.4, 0.5) is 5.69 Å². The molecule has 1 N–H and O–H groups in total. The van der Waals surface area contributed by atoms with Gasteiger partial charge in [-0.25, -0.2) is 0 Å². The highest BCUT2D eigenvalue weighted by Gasteiger charge is 2.17. The lowest BCUT2D eigenvalue weighted by Gasteiger charge is -2.01. The molecule has 0 atom stereocenters. The van der Waals surface area contributed by atoms with Crippen LogP contribution in [0, 0.1) is 0 Å². The first-order chi connectivity index (χ1) is 10.7. The molecule has 0 aliphatic carbocycles. The number of ketones is 1. The maximum atomic E-state index is 12.2. The number of amides is 1. The van der Waals surface area contributed by atoms with E-state index in [1.165, 1.54) is 18.3 Å². The third kappa shape index (κ3) is 2.93. The second-order valence-electron chi connectivity index (χ2n) is 4.55. The zero-order valence-corrected chi connectivity index (χ0v) is 11.5. The fraction of sp³-hybridized carbons (Fsp3) is 0. The van der Waals surface area contributed by atoms with E-state index in [-0.39, 0.29) is 17.3 Å². The van der Waals surface area contributed by atoms with Crippen LogP contribution in [0.15, 0.2) is 71.4 Å². The number of furan rings is 1. The van der Waals surface area contributed by atoms with Gasteiger partial charge in [-0.3, -0.25) is 14.6 Å². The number of pyridine rings is 1. The summed E-state index contributed by atoms with van der Waals surface area (Å²) in [5.74, 6) is -0.494. The van der Waals surface area contributed by atoms with E-state index in [9.17, 15) is 9.59 Å². The quantitative estimate of drug-likeness (QED) is 0.750. The van der Waals surface area contributed by atoms with Crippen molar-refractivity contribution in [2.24, 2.45) is 0 Å². The second kappa shape index (κ2) is 6.05. The van der Waals surface area contributed by atoms with Crippen LogP contribution in [0.2, 0.25) is 0 Å². The molecule has 3 aromatic rings. The van der Waals surface area contributed by atoms with Crippen molar-refractivity contribution >= 4 is 17.4 Å². The third-order valence-electron chi connectivity index (χ3n) is 3.01. The Morgan fingerprint density at radius 3 is 2.41 bits per heavy atom. The molecule has 5 nitrogen and oxygen atoms in total. The summed E-state index contributed by atoms with van der Waals surface area (Å²) in [6.45, 7) is 0. The van der Waals surface area contributed by atoms with Gasteiger partial charge in [0.25, 0.3) is 5.91 Å². The van der Waals surface area contributed by atoms with Gasteiger partial charge < -0.3 is 9.73 Å². The second-order valence-corrected chi connectivity index (χ2v) is 4.55. The lowest BCUT2D eigenvalue weighted by Crippen LogP contribution is -2.11. The van der Waals surface area contributed by atoms with E-state index in [4.69, 9.17) is 4.42 Å². The van der Waals surface area contributed by atoms with Crippen LogP contribution in [0.25, 0.3) is 0 Å². The van der Waals surface area contributed by atoms with Crippen LogP contribution >= 0.6 is 0 Å². The van der Waals surface area contributed by atoms with E-state index >= 15 is 0 Å². The van der Waals surface area contributed by atoms with Gasteiger partial charge in [0.1, 0.15) is 0 Å². The zero-order chi connectivity index (χ0) is 15.4. The van der Waals surface area contributed by atoms with Crippen molar-refractivity contribution in [3.8, 4) is 0 Å². The Bertz CT molecular complexity index is 795. The molecule has 22 heavy (non-hydrogen) atoms. The topological polar surface area (TPSA) is 72.2 Å². The van der Waals surface area contributed by atoms with E-state index in [1.54, 1.807) is 42.6 Å². The highest BCUT2D eigenvalue weighted by molar-refractivity contribution is 6.08. The molecule has 0 saturated carbocycles. The molecule has 0 aliphatic heterocycles. The molecule has 1 aromatic carbocycles. The van der Waals surface area contributed by atoms with Gasteiger partial charge in [0, 0.05) is 11.8 Å². The molecule has 108 valence electrons. The minimum atomic E-state index is -0.430. The van der Waals surface area contributed by atoms with Crippen molar-refractivity contribution in [2.45, 2.75) is 0 Å². The average molecular weight is 292 g/mol. The Morgan fingerprint density at radius 2 is 1.68 bits per heavy atom. The Kier molecular flexibility index (Phi) is 3.78.